The summed E-state index contributed by atoms with van der Waals surface area (Å²) in [4.78, 5) is 62.9. The fraction of sp³-hybridized carbons (Fsp3) is 0.100. The van der Waals surface area contributed by atoms with Gasteiger partial charge >= 0.3 is 0 Å². The van der Waals surface area contributed by atoms with Gasteiger partial charge in [-0.05, 0) is 147 Å². The predicted octanol–water partition coefficient (Wildman–Crippen LogP) is 8.82. The van der Waals surface area contributed by atoms with E-state index in [0.29, 0.717) is 48.9 Å². The minimum Gasteiger partial charge on any atom is -0.450 e. The molecule has 0 N–H and O–H groups in total. The van der Waals surface area contributed by atoms with Crippen LogP contribution in [0, 0.1) is 27.7 Å². The van der Waals surface area contributed by atoms with Gasteiger partial charge in [0.15, 0.2) is 14.5 Å². The Bertz CT molecular complexity index is 2470. The lowest BCUT2D eigenvalue weighted by Crippen LogP contribution is -2.57. The van der Waals surface area contributed by atoms with E-state index in [1.165, 1.54) is 43.9 Å². The molecule has 0 bridgehead atoms. The van der Waals surface area contributed by atoms with Crippen molar-refractivity contribution in [3.05, 3.63) is 136 Å². The number of imide groups is 1. The molecule has 2 aromatic heterocycles. The number of thiocarbonyl (C=S) groups is 1. The zero-order chi connectivity index (χ0) is 36.4. The summed E-state index contributed by atoms with van der Waals surface area (Å²) in [7, 11) is 0. The minimum absolute atomic E-state index is 0.0661. The number of thiazole rings is 1. The van der Waals surface area contributed by atoms with Gasteiger partial charge in [-0.3, -0.25) is 29.0 Å². The second-order valence-electron chi connectivity index (χ2n) is 12.5. The Morgan fingerprint density at radius 2 is 1.21 bits per heavy atom. The number of hydrogen-bond acceptors (Lipinski definition) is 9. The van der Waals surface area contributed by atoms with E-state index in [-0.39, 0.29) is 22.5 Å². The summed E-state index contributed by atoms with van der Waals surface area (Å²) >= 11 is 8.49. The zero-order valence-electron chi connectivity index (χ0n) is 28.3. The van der Waals surface area contributed by atoms with E-state index >= 15 is 0 Å². The molecule has 0 aliphatic carbocycles. The Morgan fingerprint density at radius 3 is 1.79 bits per heavy atom. The summed E-state index contributed by atoms with van der Waals surface area (Å²) in [5, 5.41) is 0.561. The van der Waals surface area contributed by atoms with Crippen LogP contribution < -0.4 is 14.7 Å². The van der Waals surface area contributed by atoms with Crippen LogP contribution in [-0.4, -0.2) is 33.7 Å². The maximum Gasteiger partial charge on any atom is 0.270 e. The molecule has 4 aromatic carbocycles. The van der Waals surface area contributed by atoms with Crippen LogP contribution in [0.5, 0.6) is 0 Å². The number of hydrogen-bond donors (Lipinski definition) is 0. The van der Waals surface area contributed by atoms with Gasteiger partial charge in [0, 0.05) is 0 Å². The summed E-state index contributed by atoms with van der Waals surface area (Å²) < 4.78 is 7.57. The van der Waals surface area contributed by atoms with Crippen LogP contribution in [0.3, 0.4) is 0 Å². The van der Waals surface area contributed by atoms with E-state index in [2.05, 4.69) is 0 Å². The number of furan rings is 1. The van der Waals surface area contributed by atoms with Crippen molar-refractivity contribution in [2.45, 2.75) is 37.1 Å². The van der Waals surface area contributed by atoms with Crippen molar-refractivity contribution >= 4 is 97.4 Å². The number of amides is 4. The predicted molar refractivity (Wildman–Crippen MR) is 207 cm³/mol. The van der Waals surface area contributed by atoms with Crippen LogP contribution >= 0.6 is 35.3 Å². The normalized spacial score (nSPS) is 14.7. The number of rotatable bonds is 6. The summed E-state index contributed by atoms with van der Waals surface area (Å²) in [6.45, 7) is 7.89. The van der Waals surface area contributed by atoms with Crippen molar-refractivity contribution in [2.24, 2.45) is 0 Å². The Morgan fingerprint density at radius 1 is 0.654 bits per heavy atom. The molecule has 256 valence electrons. The molecule has 0 radical (unpaired) electrons. The van der Waals surface area contributed by atoms with E-state index in [0.717, 1.165) is 27.0 Å². The standard InChI is InChI=1S/C40H28N4O5S3/c1-21-9-11-25(17-23(21)3)43-37(47)31(38(48)44(40(43)50)26-12-10-22(2)24(4)18-26)20-28-14-16-34(49-28)52-39-41-32-15-13-27(19-33(32)51-39)42-35(45)29-7-5-6-8-30(29)36(42)46/h5-20H,1-4H3. The van der Waals surface area contributed by atoms with Crippen LogP contribution in [0.1, 0.15) is 48.7 Å². The summed E-state index contributed by atoms with van der Waals surface area (Å²) in [6, 6.07) is 26.7. The third kappa shape index (κ3) is 5.65. The lowest BCUT2D eigenvalue weighted by atomic mass is 10.0. The van der Waals surface area contributed by atoms with Crippen LogP contribution in [0.4, 0.5) is 17.1 Å². The molecule has 1 fully saturated rings. The quantitative estimate of drug-likeness (QED) is 0.0723. The van der Waals surface area contributed by atoms with E-state index < -0.39 is 11.8 Å². The highest BCUT2D eigenvalue weighted by Gasteiger charge is 2.42. The van der Waals surface area contributed by atoms with Gasteiger partial charge < -0.3 is 4.42 Å². The number of aryl methyl sites for hydroxylation is 4. The highest BCUT2D eigenvalue weighted by Crippen LogP contribution is 2.39. The third-order valence-electron chi connectivity index (χ3n) is 9.23. The Balaban J connectivity index is 1.09. The monoisotopic (exact) mass is 740 g/mol. The fourth-order valence-corrected chi connectivity index (χ4v) is 8.49. The van der Waals surface area contributed by atoms with E-state index in [1.807, 2.05) is 64.1 Å². The van der Waals surface area contributed by atoms with Crippen LogP contribution in [-0.2, 0) is 9.59 Å². The molecule has 0 unspecified atom stereocenters. The SMILES string of the molecule is Cc1ccc(N2C(=O)C(=Cc3ccc(Sc4nc5ccc(N6C(=O)c7ccccc7C6=O)cc5s4)o3)C(=O)N(c3ccc(C)c(C)c3)C2=S)cc1C. The molecule has 52 heavy (non-hydrogen) atoms. The number of carbonyl (C=O) groups excluding carboxylic acids is 4. The van der Waals surface area contributed by atoms with Crippen molar-refractivity contribution in [1.82, 2.24) is 4.98 Å². The van der Waals surface area contributed by atoms with Gasteiger partial charge in [-0.1, -0.05) is 24.3 Å². The van der Waals surface area contributed by atoms with Gasteiger partial charge in [0.1, 0.15) is 11.3 Å². The van der Waals surface area contributed by atoms with E-state index in [1.54, 1.807) is 54.6 Å². The molecule has 2 aliphatic heterocycles. The molecule has 8 rings (SSSR count). The lowest BCUT2D eigenvalue weighted by Gasteiger charge is -2.36. The van der Waals surface area contributed by atoms with E-state index in [9.17, 15) is 19.2 Å². The smallest absolute Gasteiger partial charge is 0.270 e. The summed E-state index contributed by atoms with van der Waals surface area (Å²) in [6.07, 6.45) is 1.45. The molecule has 9 nitrogen and oxygen atoms in total. The minimum atomic E-state index is -0.552. The highest BCUT2D eigenvalue weighted by molar-refractivity contribution is 8.01. The lowest BCUT2D eigenvalue weighted by molar-refractivity contribution is -0.120. The largest absolute Gasteiger partial charge is 0.450 e. The van der Waals surface area contributed by atoms with Crippen molar-refractivity contribution in [3.8, 4) is 0 Å². The first-order valence-corrected chi connectivity index (χ1v) is 18.3. The third-order valence-corrected chi connectivity index (χ3v) is 11.6. The van der Waals surface area contributed by atoms with Gasteiger partial charge in [-0.25, -0.2) is 9.88 Å². The van der Waals surface area contributed by atoms with Gasteiger partial charge in [-0.15, -0.1) is 11.3 Å². The fourth-order valence-electron chi connectivity index (χ4n) is 6.11. The first-order chi connectivity index (χ1) is 25.0. The molecule has 0 atom stereocenters. The van der Waals surface area contributed by atoms with Gasteiger partial charge in [0.2, 0.25) is 0 Å². The number of anilines is 3. The molecule has 12 heteroatoms. The van der Waals surface area contributed by atoms with Crippen LogP contribution in [0.2, 0.25) is 0 Å². The van der Waals surface area contributed by atoms with E-state index in [4.69, 9.17) is 21.6 Å². The van der Waals surface area contributed by atoms with Gasteiger partial charge in [-0.2, -0.15) is 0 Å². The van der Waals surface area contributed by atoms with Gasteiger partial charge in [0.25, 0.3) is 23.6 Å². The molecule has 4 amide bonds. The molecule has 0 saturated carbocycles. The Kier molecular flexibility index (Phi) is 8.25. The van der Waals surface area contributed by atoms with Crippen molar-refractivity contribution < 1.29 is 23.6 Å². The number of carbonyl (C=O) groups is 4. The first kappa shape index (κ1) is 33.5. The van der Waals surface area contributed by atoms with Crippen molar-refractivity contribution in [3.63, 3.8) is 0 Å². The van der Waals surface area contributed by atoms with Crippen LogP contribution in [0.15, 0.2) is 110 Å². The number of aromatic nitrogens is 1. The van der Waals surface area contributed by atoms with Crippen molar-refractivity contribution in [2.75, 3.05) is 14.7 Å². The first-order valence-electron chi connectivity index (χ1n) is 16.2. The van der Waals surface area contributed by atoms with Crippen LogP contribution in [0.25, 0.3) is 16.3 Å². The molecule has 6 aromatic rings. The Hall–Kier alpha value is -5.69. The number of fused-ring (bicyclic) bond motifs is 2. The molecule has 4 heterocycles. The second-order valence-corrected chi connectivity index (χ2v) is 15.2. The average Bonchev–Trinajstić information content (AvgIpc) is 3.81. The molecule has 1 saturated heterocycles. The number of nitrogens with zero attached hydrogens (tertiary/aromatic N) is 4. The summed E-state index contributed by atoms with van der Waals surface area (Å²) in [5.74, 6) is -1.52. The van der Waals surface area contributed by atoms with Gasteiger partial charge in [0.05, 0.1) is 38.4 Å². The number of benzene rings is 4. The zero-order valence-corrected chi connectivity index (χ0v) is 30.7. The second kappa shape index (κ2) is 12.8. The maximum absolute atomic E-state index is 14.1. The molecule has 0 spiro atoms. The topological polar surface area (TPSA) is 104 Å². The summed E-state index contributed by atoms with van der Waals surface area (Å²) in [5.41, 5.74) is 7.04. The highest BCUT2D eigenvalue weighted by atomic mass is 32.2. The average molecular weight is 741 g/mol. The molecular weight excluding hydrogens is 713 g/mol. The molecule has 2 aliphatic rings. The Labute approximate surface area is 312 Å². The van der Waals surface area contributed by atoms with Crippen molar-refractivity contribution in [1.29, 1.82) is 0 Å². The maximum atomic E-state index is 14.1. The molecular formula is C40H28N4O5S3.